The summed E-state index contributed by atoms with van der Waals surface area (Å²) in [5.41, 5.74) is -0.963. The van der Waals surface area contributed by atoms with Crippen molar-refractivity contribution in [2.75, 3.05) is 6.54 Å². The summed E-state index contributed by atoms with van der Waals surface area (Å²) in [6.07, 6.45) is 5.28. The average molecular weight is 287 g/mol. The van der Waals surface area contributed by atoms with E-state index >= 15 is 0 Å². The molecule has 0 atom stereocenters. The quantitative estimate of drug-likeness (QED) is 0.813. The van der Waals surface area contributed by atoms with Crippen LogP contribution in [0.1, 0.15) is 25.7 Å². The molecule has 106 valence electrons. The molecule has 0 aliphatic heterocycles. The summed E-state index contributed by atoms with van der Waals surface area (Å²) >= 11 is 0. The van der Waals surface area contributed by atoms with Gasteiger partial charge in [0.05, 0.1) is 11.6 Å². The first-order chi connectivity index (χ1) is 8.86. The minimum Gasteiger partial charge on any atom is -0.481 e. The number of hydrogen-bond acceptors (Lipinski definition) is 4. The molecular weight excluding hydrogens is 270 g/mol. The summed E-state index contributed by atoms with van der Waals surface area (Å²) in [6.45, 7) is -0.0699. The van der Waals surface area contributed by atoms with Gasteiger partial charge >= 0.3 is 5.97 Å². The standard InChI is InChI=1S/C11H17N3O4S/c1-14-7-9(6-12-14)19(17,18)13-8-11(10(15)16)4-2-3-5-11/h6-7,13H,2-5,8H2,1H3,(H,15,16). The van der Waals surface area contributed by atoms with Gasteiger partial charge in [-0.25, -0.2) is 13.1 Å². The number of nitrogens with one attached hydrogen (secondary N) is 1. The van der Waals surface area contributed by atoms with E-state index in [9.17, 15) is 18.3 Å². The second-order valence-corrected chi connectivity index (χ2v) is 6.73. The lowest BCUT2D eigenvalue weighted by atomic mass is 9.87. The fourth-order valence-corrected chi connectivity index (χ4v) is 3.48. The Labute approximate surface area is 111 Å². The number of aliphatic carboxylic acids is 1. The second kappa shape index (κ2) is 4.93. The van der Waals surface area contributed by atoms with Gasteiger partial charge in [-0.2, -0.15) is 5.10 Å². The molecule has 0 bridgehead atoms. The predicted molar refractivity (Wildman–Crippen MR) is 66.9 cm³/mol. The first kappa shape index (κ1) is 14.0. The molecule has 1 saturated carbocycles. The van der Waals surface area contributed by atoms with Crippen molar-refractivity contribution in [3.63, 3.8) is 0 Å². The van der Waals surface area contributed by atoms with Crippen molar-refractivity contribution in [1.29, 1.82) is 0 Å². The predicted octanol–water partition coefficient (Wildman–Crippen LogP) is 0.343. The van der Waals surface area contributed by atoms with Crippen molar-refractivity contribution in [2.24, 2.45) is 12.5 Å². The highest BCUT2D eigenvalue weighted by molar-refractivity contribution is 7.89. The molecule has 1 fully saturated rings. The number of rotatable bonds is 5. The lowest BCUT2D eigenvalue weighted by Crippen LogP contribution is -2.41. The molecule has 2 N–H and O–H groups in total. The summed E-state index contributed by atoms with van der Waals surface area (Å²) in [5.74, 6) is -0.932. The van der Waals surface area contributed by atoms with Crippen molar-refractivity contribution < 1.29 is 18.3 Å². The molecule has 1 aromatic heterocycles. The zero-order valence-corrected chi connectivity index (χ0v) is 11.5. The molecule has 7 nitrogen and oxygen atoms in total. The molecule has 1 aliphatic rings. The number of hydrogen-bond donors (Lipinski definition) is 2. The lowest BCUT2D eigenvalue weighted by molar-refractivity contribution is -0.148. The Kier molecular flexibility index (Phi) is 3.64. The number of carboxylic acid groups (broad SMARTS) is 1. The number of sulfonamides is 1. The summed E-state index contributed by atoms with van der Waals surface area (Å²) in [5, 5.41) is 13.1. The summed E-state index contributed by atoms with van der Waals surface area (Å²) in [6, 6.07) is 0. The van der Waals surface area contributed by atoms with E-state index < -0.39 is 21.4 Å². The van der Waals surface area contributed by atoms with Gasteiger partial charge in [-0.05, 0) is 12.8 Å². The highest BCUT2D eigenvalue weighted by Crippen LogP contribution is 2.38. The number of carbonyl (C=O) groups is 1. The highest BCUT2D eigenvalue weighted by atomic mass is 32.2. The molecule has 0 radical (unpaired) electrons. The van der Waals surface area contributed by atoms with Gasteiger partial charge in [0, 0.05) is 19.8 Å². The van der Waals surface area contributed by atoms with Crippen LogP contribution in [0.2, 0.25) is 0 Å². The number of nitrogens with zero attached hydrogens (tertiary/aromatic N) is 2. The number of aromatic nitrogens is 2. The van der Waals surface area contributed by atoms with E-state index in [1.807, 2.05) is 0 Å². The summed E-state index contributed by atoms with van der Waals surface area (Å²) in [4.78, 5) is 11.4. The van der Waals surface area contributed by atoms with E-state index in [1.54, 1.807) is 7.05 Å². The van der Waals surface area contributed by atoms with Crippen molar-refractivity contribution >= 4 is 16.0 Å². The van der Waals surface area contributed by atoms with Crippen LogP contribution in [0.3, 0.4) is 0 Å². The molecule has 0 spiro atoms. The maximum atomic E-state index is 12.0. The molecule has 1 aromatic rings. The third-order valence-corrected chi connectivity index (χ3v) is 4.96. The van der Waals surface area contributed by atoms with Gasteiger partial charge in [0.1, 0.15) is 4.90 Å². The molecule has 0 unspecified atom stereocenters. The Morgan fingerprint density at radius 2 is 2.16 bits per heavy atom. The van der Waals surface area contributed by atoms with Crippen LogP contribution in [-0.2, 0) is 21.9 Å². The molecule has 8 heteroatoms. The van der Waals surface area contributed by atoms with Gasteiger partial charge in [0.2, 0.25) is 10.0 Å². The fraction of sp³-hybridized carbons (Fsp3) is 0.636. The smallest absolute Gasteiger partial charge is 0.310 e. The molecular formula is C11H17N3O4S. The van der Waals surface area contributed by atoms with E-state index in [-0.39, 0.29) is 11.4 Å². The summed E-state index contributed by atoms with van der Waals surface area (Å²) < 4.78 is 27.8. The topological polar surface area (TPSA) is 101 Å². The largest absolute Gasteiger partial charge is 0.481 e. The van der Waals surface area contributed by atoms with Crippen LogP contribution >= 0.6 is 0 Å². The minimum absolute atomic E-state index is 0.0496. The third kappa shape index (κ3) is 2.79. The van der Waals surface area contributed by atoms with Crippen LogP contribution < -0.4 is 4.72 Å². The van der Waals surface area contributed by atoms with E-state index in [2.05, 4.69) is 9.82 Å². The van der Waals surface area contributed by atoms with Crippen LogP contribution in [0.5, 0.6) is 0 Å². The van der Waals surface area contributed by atoms with Gasteiger partial charge in [0.25, 0.3) is 0 Å². The van der Waals surface area contributed by atoms with Gasteiger partial charge < -0.3 is 5.11 Å². The maximum Gasteiger partial charge on any atom is 0.310 e. The number of aryl methyl sites for hydroxylation is 1. The van der Waals surface area contributed by atoms with E-state index in [4.69, 9.17) is 0 Å². The first-order valence-corrected chi connectivity index (χ1v) is 7.56. The second-order valence-electron chi connectivity index (χ2n) is 4.97. The molecule has 0 aromatic carbocycles. The van der Waals surface area contributed by atoms with Crippen molar-refractivity contribution in [3.8, 4) is 0 Å². The van der Waals surface area contributed by atoms with Gasteiger partial charge in [-0.3, -0.25) is 9.48 Å². The zero-order chi connectivity index (χ0) is 14.1. The monoisotopic (exact) mass is 287 g/mol. The molecule has 2 rings (SSSR count). The van der Waals surface area contributed by atoms with Crippen molar-refractivity contribution in [3.05, 3.63) is 12.4 Å². The summed E-state index contributed by atoms with van der Waals surface area (Å²) in [7, 11) is -2.08. The molecule has 0 saturated heterocycles. The lowest BCUT2D eigenvalue weighted by Gasteiger charge is -2.23. The Morgan fingerprint density at radius 1 is 1.53 bits per heavy atom. The van der Waals surface area contributed by atoms with Gasteiger partial charge in [0.15, 0.2) is 0 Å². The number of carboxylic acids is 1. The van der Waals surface area contributed by atoms with Crippen LogP contribution in [0, 0.1) is 5.41 Å². The van der Waals surface area contributed by atoms with E-state index in [1.165, 1.54) is 17.1 Å². The van der Waals surface area contributed by atoms with Crippen molar-refractivity contribution in [1.82, 2.24) is 14.5 Å². The van der Waals surface area contributed by atoms with Crippen LogP contribution in [-0.4, -0.2) is 35.8 Å². The molecule has 19 heavy (non-hydrogen) atoms. The average Bonchev–Trinajstić information content (AvgIpc) is 2.96. The Bertz CT molecular complexity index is 573. The Morgan fingerprint density at radius 3 is 2.63 bits per heavy atom. The maximum absolute atomic E-state index is 12.0. The minimum atomic E-state index is -3.70. The molecule has 0 amide bonds. The molecule has 1 aliphatic carbocycles. The SMILES string of the molecule is Cn1cc(S(=O)(=O)NCC2(C(=O)O)CCCC2)cn1. The normalized spacial score (nSPS) is 18.6. The fourth-order valence-electron chi connectivity index (χ4n) is 2.37. The van der Waals surface area contributed by atoms with Crippen LogP contribution in [0.4, 0.5) is 0 Å². The Balaban J connectivity index is 2.11. The van der Waals surface area contributed by atoms with E-state index in [0.29, 0.717) is 12.8 Å². The van der Waals surface area contributed by atoms with E-state index in [0.717, 1.165) is 12.8 Å². The van der Waals surface area contributed by atoms with Crippen LogP contribution in [0.15, 0.2) is 17.3 Å². The zero-order valence-electron chi connectivity index (χ0n) is 10.7. The molecule has 1 heterocycles. The van der Waals surface area contributed by atoms with Gasteiger partial charge in [-0.1, -0.05) is 12.8 Å². The first-order valence-electron chi connectivity index (χ1n) is 6.07. The Hall–Kier alpha value is -1.41. The third-order valence-electron chi connectivity index (χ3n) is 3.61. The van der Waals surface area contributed by atoms with Gasteiger partial charge in [-0.15, -0.1) is 0 Å². The highest BCUT2D eigenvalue weighted by Gasteiger charge is 2.42. The van der Waals surface area contributed by atoms with Crippen molar-refractivity contribution in [2.45, 2.75) is 30.6 Å². The van der Waals surface area contributed by atoms with Crippen LogP contribution in [0.25, 0.3) is 0 Å².